The van der Waals surface area contributed by atoms with Crippen molar-refractivity contribution in [1.82, 2.24) is 86.4 Å². The van der Waals surface area contributed by atoms with Crippen LogP contribution in [-0.4, -0.2) is 205 Å². The Morgan fingerprint density at radius 2 is 0.730 bits per heavy atom. The summed E-state index contributed by atoms with van der Waals surface area (Å²) >= 11 is 11.8. The first-order chi connectivity index (χ1) is 68.7. The third-order valence-corrected chi connectivity index (χ3v) is 27.7. The number of aromatic nitrogens is 16. The number of carbonyl (C=O) groups excluding carboxylic acids is 4. The van der Waals surface area contributed by atoms with Crippen LogP contribution >= 0.6 is 46.9 Å². The molecular weight excluding hydrogens is 1870 g/mol. The molecule has 4 aliphatic heterocycles. The number of halogens is 1. The normalized spacial score (nSPS) is 14.3. The van der Waals surface area contributed by atoms with Gasteiger partial charge < -0.3 is 59.8 Å². The van der Waals surface area contributed by atoms with Gasteiger partial charge in [0.05, 0.1) is 36.0 Å². The quantitative estimate of drug-likeness (QED) is 0.0261. The van der Waals surface area contributed by atoms with Gasteiger partial charge in [0.2, 0.25) is 45.2 Å². The zero-order valence-corrected chi connectivity index (χ0v) is 82.2. The molecule has 0 atom stereocenters. The van der Waals surface area contributed by atoms with Crippen LogP contribution in [0.25, 0.3) is 56.4 Å². The number of nitrogens with one attached hydrogen (secondary N) is 4. The molecule has 0 radical (unpaired) electrons. The van der Waals surface area contributed by atoms with Crippen LogP contribution in [0, 0.1) is 20.8 Å². The maximum Gasteiger partial charge on any atom is 0.338 e. The summed E-state index contributed by atoms with van der Waals surface area (Å²) in [5.74, 6) is 4.13. The Balaban J connectivity index is 0.000000130. The fourth-order valence-electron chi connectivity index (χ4n) is 16.1. The van der Waals surface area contributed by atoms with Gasteiger partial charge in [-0.3, -0.25) is 4.79 Å². The van der Waals surface area contributed by atoms with Crippen molar-refractivity contribution < 1.29 is 56.6 Å². The number of nitrogens with zero attached hydrogens (tertiary/aromatic N) is 20. The molecule has 8 aromatic heterocycles. The van der Waals surface area contributed by atoms with Gasteiger partial charge in [0, 0.05) is 135 Å². The molecule has 4 fully saturated rings. The summed E-state index contributed by atoms with van der Waals surface area (Å²) in [6.07, 6.45) is 8.60. The Hall–Kier alpha value is -14.7. The van der Waals surface area contributed by atoms with Crippen LogP contribution < -0.4 is 45.6 Å². The molecule has 4 N–H and O–H groups in total. The lowest BCUT2D eigenvalue weighted by Crippen LogP contribution is -2.39. The van der Waals surface area contributed by atoms with Crippen LogP contribution in [0.15, 0.2) is 227 Å². The highest BCUT2D eigenvalue weighted by molar-refractivity contribution is 8.00. The molecule has 1 amide bonds. The predicted octanol–water partition coefficient (Wildman–Crippen LogP) is 19.9. The van der Waals surface area contributed by atoms with Crippen LogP contribution in [0.5, 0.6) is 5.75 Å². The van der Waals surface area contributed by atoms with E-state index in [0.717, 1.165) is 150 Å². The first-order valence-electron chi connectivity index (χ1n) is 46.9. The smallest absolute Gasteiger partial charge is 0.338 e. The zero-order chi connectivity index (χ0) is 97.7. The van der Waals surface area contributed by atoms with E-state index >= 15 is 0 Å². The third kappa shape index (κ3) is 25.9. The number of carbonyl (C=O) groups is 4. The SMILES string of the molecule is CCCNC(=O)c1ccc(Nc2nc3nonc3nc2N2CCC(Sc3ccc(C)cc3)CC2)cc1.CCOC(=O)c1ccc(Nc2nc3nonc3nc2N2CCC(Oc3ccc(Cl)cc3)CC2)cc1.CCOC(=O)c1ccc(Nc2nc3nonc3nc2N2CCC(Sc3ccc(C)cc3)CC2)cc1.Cc1ccc(SC2CCN(c3nc4nonc4nc3-c3cccc(C(=O)OC(C)C)c3)CC2)cc1. The lowest BCUT2D eigenvalue weighted by atomic mass is 10.1. The number of piperidine rings is 4. The molecule has 4 saturated heterocycles. The molecule has 36 nitrogen and oxygen atoms in total. The standard InChI is InChI=1S/C26H29N7O2S.C26H27N5O3S.C25H26N6O3S.C24H23ClN6O4/c1-3-14-27-26(34)18-6-8-19(9-7-18)28-24-25(30-23-22(29-24)31-35-32-23)33-15-12-21(13-16-33)36-20-10-4-17(2)5-11-20;1-16(2)33-26(32)19-6-4-5-18(15-19)22-25(28-24-23(27-22)29-34-30-24)31-13-11-21(12-14-31)35-20-9-7-17(3)8-10-20;1-3-33-25(32)17-6-8-18(9-7-17)26-23-24(28-22-21(27-23)29-34-30-22)31-14-12-20(13-15-31)35-19-10-4-16(2)5-11-19;1-2-33-24(32)15-3-7-17(8-4-15)26-22-23(28-21-20(27-22)29-35-30-21)31-13-11-19(12-14-31)34-18-9-5-16(25)6-10-18/h4-11,21H,3,12-16H2,1-2H3,(H,27,34)(H,28,29,31);4-10,15-16,21H,11-14H2,1-3H3;4-11,20H,3,12-15H2,1-2H3,(H,26,27,29);3-10,19H,2,11-14H2,1H3,(H,26,27,29). The van der Waals surface area contributed by atoms with Crippen LogP contribution in [0.1, 0.15) is 151 Å². The number of hydrogen-bond donors (Lipinski definition) is 4. The van der Waals surface area contributed by atoms with Gasteiger partial charge in [-0.05, 0) is 280 Å². The van der Waals surface area contributed by atoms with Crippen molar-refractivity contribution in [2.24, 2.45) is 0 Å². The monoisotopic (exact) mass is 1980 g/mol. The molecule has 141 heavy (non-hydrogen) atoms. The first-order valence-corrected chi connectivity index (χ1v) is 49.9. The maximum atomic E-state index is 12.5. The number of aryl methyl sites for hydroxylation is 3. The van der Waals surface area contributed by atoms with Crippen LogP contribution in [0.2, 0.25) is 5.02 Å². The number of anilines is 10. The third-order valence-electron chi connectivity index (χ3n) is 23.4. The van der Waals surface area contributed by atoms with Crippen LogP contribution in [-0.2, 0) is 14.2 Å². The second kappa shape index (κ2) is 46.8. The Morgan fingerprint density at radius 1 is 0.390 bits per heavy atom. The minimum absolute atomic E-state index is 0.0784. The summed E-state index contributed by atoms with van der Waals surface area (Å²) in [5, 5.41) is 46.1. The lowest BCUT2D eigenvalue weighted by Gasteiger charge is -2.33. The minimum atomic E-state index is -0.366. The molecule has 726 valence electrons. The highest BCUT2D eigenvalue weighted by Crippen LogP contribution is 2.41. The fraction of sp³-hybridized carbons (Fsp3) is 0.327. The Labute approximate surface area is 830 Å². The molecule has 16 aromatic rings. The molecular formula is C101H105ClN24O12S3. The molecule has 4 aliphatic rings. The average molecular weight is 1980 g/mol. The van der Waals surface area contributed by atoms with E-state index in [0.29, 0.717) is 143 Å². The summed E-state index contributed by atoms with van der Waals surface area (Å²) in [7, 11) is 0. The molecule has 0 bridgehead atoms. The van der Waals surface area contributed by atoms with E-state index in [-0.39, 0.29) is 36.0 Å². The number of thioether (sulfide) groups is 3. The number of esters is 3. The molecule has 0 aliphatic carbocycles. The van der Waals surface area contributed by atoms with Crippen molar-refractivity contribution in [3.63, 3.8) is 0 Å². The Bertz CT molecular complexity index is 6700. The highest BCUT2D eigenvalue weighted by atomic mass is 35.5. The van der Waals surface area contributed by atoms with E-state index in [1.807, 2.05) is 117 Å². The summed E-state index contributed by atoms with van der Waals surface area (Å²) in [5.41, 5.74) is 12.4. The van der Waals surface area contributed by atoms with Crippen LogP contribution in [0.3, 0.4) is 0 Å². The maximum absolute atomic E-state index is 12.5. The van der Waals surface area contributed by atoms with E-state index in [1.165, 1.54) is 31.4 Å². The molecule has 0 unspecified atom stereocenters. The summed E-state index contributed by atoms with van der Waals surface area (Å²) in [6, 6.07) is 62.1. The summed E-state index contributed by atoms with van der Waals surface area (Å²) < 4.78 is 41.0. The minimum Gasteiger partial charge on any atom is -0.490 e. The summed E-state index contributed by atoms with van der Waals surface area (Å²) in [6.45, 7) is 23.4. The number of ether oxygens (including phenoxy) is 4. The van der Waals surface area contributed by atoms with Crippen molar-refractivity contribution in [3.8, 4) is 17.0 Å². The van der Waals surface area contributed by atoms with Crippen molar-refractivity contribution >= 4 is 174 Å². The highest BCUT2D eigenvalue weighted by Gasteiger charge is 2.32. The summed E-state index contributed by atoms with van der Waals surface area (Å²) in [4.78, 5) is 98.7. The second-order valence-electron chi connectivity index (χ2n) is 34.2. The molecule has 20 rings (SSSR count). The molecule has 0 saturated carbocycles. The predicted molar refractivity (Wildman–Crippen MR) is 543 cm³/mol. The largest absolute Gasteiger partial charge is 0.490 e. The number of hydrogen-bond acceptors (Lipinski definition) is 38. The van der Waals surface area contributed by atoms with E-state index in [2.05, 4.69) is 196 Å². The number of fused-ring (bicyclic) bond motifs is 4. The fourth-order valence-corrected chi connectivity index (χ4v) is 19.6. The second-order valence-corrected chi connectivity index (χ2v) is 38.7. The number of rotatable bonds is 28. The van der Waals surface area contributed by atoms with Gasteiger partial charge in [0.25, 0.3) is 5.91 Å². The lowest BCUT2D eigenvalue weighted by molar-refractivity contribution is 0.0376. The van der Waals surface area contributed by atoms with E-state index in [9.17, 15) is 19.2 Å². The number of benzene rings is 8. The van der Waals surface area contributed by atoms with Gasteiger partial charge >= 0.3 is 17.9 Å². The van der Waals surface area contributed by atoms with Gasteiger partial charge in [-0.1, -0.05) is 83.7 Å². The molecule has 12 heterocycles. The van der Waals surface area contributed by atoms with Gasteiger partial charge in [-0.2, -0.15) is 0 Å². The van der Waals surface area contributed by atoms with E-state index in [1.54, 1.807) is 74.5 Å². The zero-order valence-electron chi connectivity index (χ0n) is 79.0. The number of amides is 1. The first kappa shape index (κ1) is 97.9. The Kier molecular flexibility index (Phi) is 32.5. The van der Waals surface area contributed by atoms with Gasteiger partial charge in [0.15, 0.2) is 40.7 Å². The van der Waals surface area contributed by atoms with Crippen molar-refractivity contribution in [2.45, 2.75) is 156 Å². The van der Waals surface area contributed by atoms with Crippen molar-refractivity contribution in [1.29, 1.82) is 0 Å². The van der Waals surface area contributed by atoms with Crippen LogP contribution in [0.4, 0.5) is 57.8 Å². The Morgan fingerprint density at radius 3 is 1.09 bits per heavy atom. The molecule has 8 aromatic carbocycles. The molecule has 40 heteroatoms. The topological polar surface area (TPSA) is 425 Å². The van der Waals surface area contributed by atoms with E-state index in [4.69, 9.17) is 69.0 Å². The van der Waals surface area contributed by atoms with E-state index < -0.39 is 0 Å². The van der Waals surface area contributed by atoms with Gasteiger partial charge in [0.1, 0.15) is 17.5 Å². The van der Waals surface area contributed by atoms with Gasteiger partial charge in [-0.25, -0.2) is 72.8 Å². The van der Waals surface area contributed by atoms with Gasteiger partial charge in [-0.15, -0.1) is 35.3 Å². The average Bonchev–Trinajstić information content (AvgIpc) is 1.81. The van der Waals surface area contributed by atoms with Crippen molar-refractivity contribution in [3.05, 3.63) is 238 Å². The van der Waals surface area contributed by atoms with Crippen molar-refractivity contribution in [2.75, 3.05) is 108 Å². The molecule has 0 spiro atoms.